The minimum Gasteiger partial charge on any atom is -0.381 e. The maximum Gasteiger partial charge on any atom is 0.126 e. The molecule has 3 N–H and O–H groups in total. The summed E-state index contributed by atoms with van der Waals surface area (Å²) < 4.78 is 17.8. The molecule has 9 heteroatoms. The average molecular weight is 487 g/mol. The highest BCUT2D eigenvalue weighted by Gasteiger charge is 2.32. The highest BCUT2D eigenvalue weighted by molar-refractivity contribution is 6.33. The molecule has 34 heavy (non-hydrogen) atoms. The zero-order valence-electron chi connectivity index (χ0n) is 19.3. The first-order chi connectivity index (χ1) is 16.6. The van der Waals surface area contributed by atoms with Crippen molar-refractivity contribution in [2.75, 3.05) is 43.6 Å². The van der Waals surface area contributed by atoms with Gasteiger partial charge in [0.05, 0.1) is 22.2 Å². The molecule has 0 aromatic carbocycles. The topological polar surface area (TPSA) is 94.9 Å². The molecule has 1 aliphatic carbocycles. The number of pyridine rings is 2. The maximum absolute atomic E-state index is 12.4. The monoisotopic (exact) mass is 486 g/mol. The summed E-state index contributed by atoms with van der Waals surface area (Å²) in [7, 11) is 0. The zero-order chi connectivity index (χ0) is 23.8. The molecule has 0 radical (unpaired) electrons. The third-order valence-electron chi connectivity index (χ3n) is 6.78. The molecule has 182 valence electrons. The van der Waals surface area contributed by atoms with E-state index in [2.05, 4.69) is 27.0 Å². The second-order valence-electron chi connectivity index (χ2n) is 9.15. The molecular formula is C25H32ClFN6O. The highest BCUT2D eigenvalue weighted by atomic mass is 35.5. The lowest BCUT2D eigenvalue weighted by Crippen LogP contribution is -2.37. The Morgan fingerprint density at radius 3 is 2.65 bits per heavy atom. The fourth-order valence-electron chi connectivity index (χ4n) is 4.66. The van der Waals surface area contributed by atoms with Crippen LogP contribution in [0.2, 0.25) is 5.02 Å². The minimum absolute atomic E-state index is 0.325. The number of alkyl halides is 1. The van der Waals surface area contributed by atoms with Crippen LogP contribution in [0, 0.1) is 16.7 Å². The number of halogens is 2. The lowest BCUT2D eigenvalue weighted by molar-refractivity contribution is 0.0455. The predicted octanol–water partition coefficient (Wildman–Crippen LogP) is 4.81. The molecule has 0 bridgehead atoms. The van der Waals surface area contributed by atoms with Crippen molar-refractivity contribution in [1.29, 1.82) is 5.26 Å². The lowest BCUT2D eigenvalue weighted by atomic mass is 9.82. The summed E-state index contributed by atoms with van der Waals surface area (Å²) in [6.07, 6.45) is 7.14. The second-order valence-corrected chi connectivity index (χ2v) is 9.56. The van der Waals surface area contributed by atoms with Crippen molar-refractivity contribution in [2.24, 2.45) is 5.41 Å². The van der Waals surface area contributed by atoms with Crippen molar-refractivity contribution < 1.29 is 9.13 Å². The quantitative estimate of drug-likeness (QED) is 0.468. The molecule has 1 aliphatic heterocycles. The fraction of sp³-hybridized carbons (Fsp3) is 0.560. The van der Waals surface area contributed by atoms with Crippen LogP contribution in [0.4, 0.5) is 16.0 Å². The van der Waals surface area contributed by atoms with Gasteiger partial charge in [-0.2, -0.15) is 5.26 Å². The number of rotatable bonds is 9. The molecule has 0 unspecified atom stereocenters. The number of nitriles is 1. The Hall–Kier alpha value is -2.47. The van der Waals surface area contributed by atoms with E-state index in [0.29, 0.717) is 49.2 Å². The van der Waals surface area contributed by atoms with Gasteiger partial charge in [-0.15, -0.1) is 0 Å². The number of nitrogens with one attached hydrogen (secondary N) is 3. The number of hydrogen-bond donors (Lipinski definition) is 3. The molecule has 0 spiro atoms. The van der Waals surface area contributed by atoms with Crippen LogP contribution in [0.15, 0.2) is 30.5 Å². The Morgan fingerprint density at radius 2 is 1.91 bits per heavy atom. The molecule has 2 aliphatic rings. The van der Waals surface area contributed by atoms with Crippen molar-refractivity contribution in [3.8, 4) is 17.3 Å². The molecule has 0 amide bonds. The van der Waals surface area contributed by atoms with Gasteiger partial charge in [0.15, 0.2) is 0 Å². The molecule has 2 fully saturated rings. The van der Waals surface area contributed by atoms with Gasteiger partial charge in [0.1, 0.15) is 18.3 Å². The summed E-state index contributed by atoms with van der Waals surface area (Å²) in [4.78, 5) is 9.22. The van der Waals surface area contributed by atoms with Gasteiger partial charge in [0, 0.05) is 50.1 Å². The van der Waals surface area contributed by atoms with Gasteiger partial charge in [0.2, 0.25) is 0 Å². The summed E-state index contributed by atoms with van der Waals surface area (Å²) in [6, 6.07) is 10.9. The molecule has 7 nitrogen and oxygen atoms in total. The van der Waals surface area contributed by atoms with Crippen LogP contribution >= 0.6 is 11.6 Å². The molecule has 1 saturated heterocycles. The second kappa shape index (κ2) is 11.8. The summed E-state index contributed by atoms with van der Waals surface area (Å²) >= 11 is 6.49. The van der Waals surface area contributed by atoms with E-state index in [9.17, 15) is 9.65 Å². The van der Waals surface area contributed by atoms with Gasteiger partial charge < -0.3 is 20.7 Å². The molecule has 2 aromatic rings. The van der Waals surface area contributed by atoms with Crippen molar-refractivity contribution in [3.63, 3.8) is 0 Å². The first-order valence-corrected chi connectivity index (χ1v) is 12.4. The summed E-state index contributed by atoms with van der Waals surface area (Å²) in [5, 5.41) is 20.4. The number of ether oxygens (including phenoxy) is 1. The molecule has 0 atom stereocenters. The van der Waals surface area contributed by atoms with E-state index >= 15 is 0 Å². The van der Waals surface area contributed by atoms with E-state index in [-0.39, 0.29) is 6.67 Å². The van der Waals surface area contributed by atoms with Crippen molar-refractivity contribution in [3.05, 3.63) is 35.5 Å². The summed E-state index contributed by atoms with van der Waals surface area (Å²) in [5.41, 5.74) is 1.13. The zero-order valence-corrected chi connectivity index (χ0v) is 20.1. The molecular weight excluding hydrogens is 455 g/mol. The van der Waals surface area contributed by atoms with Gasteiger partial charge in [-0.05, 0) is 56.7 Å². The largest absolute Gasteiger partial charge is 0.381 e. The number of nitrogens with zero attached hydrogens (tertiary/aromatic N) is 3. The van der Waals surface area contributed by atoms with Crippen LogP contribution in [0.3, 0.4) is 0 Å². The fourth-order valence-corrected chi connectivity index (χ4v) is 4.86. The average Bonchev–Trinajstić information content (AvgIpc) is 2.89. The van der Waals surface area contributed by atoms with Crippen LogP contribution in [0.25, 0.3) is 11.3 Å². The van der Waals surface area contributed by atoms with E-state index in [1.807, 2.05) is 24.3 Å². The molecule has 2 aromatic heterocycles. The Kier molecular flexibility index (Phi) is 8.54. The van der Waals surface area contributed by atoms with Crippen LogP contribution < -0.4 is 16.0 Å². The summed E-state index contributed by atoms with van der Waals surface area (Å²) in [5.74, 6) is 1.48. The molecule has 4 rings (SSSR count). The Labute approximate surface area is 205 Å². The third kappa shape index (κ3) is 6.35. The van der Waals surface area contributed by atoms with E-state index in [1.165, 1.54) is 0 Å². The van der Waals surface area contributed by atoms with Gasteiger partial charge in [0.25, 0.3) is 0 Å². The molecule has 1 saturated carbocycles. The van der Waals surface area contributed by atoms with Gasteiger partial charge >= 0.3 is 0 Å². The standard InChI is InChI=1S/C25H32ClFN6O/c26-21-15-30-24(32-19-6-4-18(5-7-19)29-11-10-27)14-20(21)22-2-1-3-23(33-22)31-17-25(16-28)8-12-34-13-9-25/h1-3,14-15,18-19,29H,4-13,17H2,(H,30,32)(H,31,33)/t18-,19-. The van der Waals surface area contributed by atoms with Crippen LogP contribution in [-0.4, -0.2) is 55.0 Å². The highest BCUT2D eigenvalue weighted by Crippen LogP contribution is 2.32. The first-order valence-electron chi connectivity index (χ1n) is 12.0. The lowest BCUT2D eigenvalue weighted by Gasteiger charge is -2.30. The number of hydrogen-bond acceptors (Lipinski definition) is 7. The van der Waals surface area contributed by atoms with Crippen molar-refractivity contribution >= 4 is 23.2 Å². The Balaban J connectivity index is 1.40. The predicted molar refractivity (Wildman–Crippen MR) is 133 cm³/mol. The van der Waals surface area contributed by atoms with E-state index in [4.69, 9.17) is 21.3 Å². The maximum atomic E-state index is 12.4. The third-order valence-corrected chi connectivity index (χ3v) is 7.08. The van der Waals surface area contributed by atoms with Crippen LogP contribution in [0.1, 0.15) is 38.5 Å². The first kappa shape index (κ1) is 24.6. The normalized spacial score (nSPS) is 22.0. The number of aromatic nitrogens is 2. The van der Waals surface area contributed by atoms with Crippen LogP contribution in [0.5, 0.6) is 0 Å². The van der Waals surface area contributed by atoms with Gasteiger partial charge in [-0.1, -0.05) is 17.7 Å². The molecule has 3 heterocycles. The summed E-state index contributed by atoms with van der Waals surface area (Å²) in [6.45, 7) is 1.86. The van der Waals surface area contributed by atoms with Crippen molar-refractivity contribution in [2.45, 2.75) is 50.6 Å². The Morgan fingerprint density at radius 1 is 1.15 bits per heavy atom. The van der Waals surface area contributed by atoms with E-state index in [1.54, 1.807) is 6.20 Å². The van der Waals surface area contributed by atoms with Gasteiger partial charge in [-0.25, -0.2) is 14.4 Å². The SMILES string of the molecule is N#CC1(CNc2cccc(-c3cc(N[C@H]4CC[C@H](NCCF)CC4)ncc3Cl)n2)CCOCC1. The van der Waals surface area contributed by atoms with Gasteiger partial charge in [-0.3, -0.25) is 0 Å². The minimum atomic E-state index is -0.429. The Bertz CT molecular complexity index is 986. The van der Waals surface area contributed by atoms with Crippen LogP contribution in [-0.2, 0) is 4.74 Å². The smallest absolute Gasteiger partial charge is 0.126 e. The van der Waals surface area contributed by atoms with Crippen molar-refractivity contribution in [1.82, 2.24) is 15.3 Å². The van der Waals surface area contributed by atoms with E-state index in [0.717, 1.165) is 55.6 Å². The van der Waals surface area contributed by atoms with E-state index < -0.39 is 5.41 Å². The number of anilines is 2.